The Labute approximate surface area is 144 Å². The summed E-state index contributed by atoms with van der Waals surface area (Å²) < 4.78 is 0. The Morgan fingerprint density at radius 2 is 1.96 bits per heavy atom. The molecule has 1 aliphatic rings. The second-order valence-electron chi connectivity index (χ2n) is 6.96. The topological polar surface area (TPSA) is 33.2 Å². The van der Waals surface area contributed by atoms with E-state index in [-0.39, 0.29) is 11.3 Å². The van der Waals surface area contributed by atoms with E-state index < -0.39 is 0 Å². The molecular weight excluding hydrogens is 296 g/mol. The zero-order valence-corrected chi connectivity index (χ0v) is 14.7. The number of hydrogen-bond acceptors (Lipinski definition) is 2. The largest absolute Gasteiger partial charge is 0.345 e. The highest BCUT2D eigenvalue weighted by molar-refractivity contribution is 5.88. The second-order valence-corrected chi connectivity index (χ2v) is 6.96. The van der Waals surface area contributed by atoms with Crippen LogP contribution in [0.4, 0.5) is 0 Å². The van der Waals surface area contributed by atoms with Crippen molar-refractivity contribution in [2.24, 2.45) is 0 Å². The summed E-state index contributed by atoms with van der Waals surface area (Å²) in [5.74, 6) is 0.265. The molecule has 0 radical (unpaired) electrons. The lowest BCUT2D eigenvalue weighted by molar-refractivity contribution is -0.136. The molecule has 0 unspecified atom stereocenters. The second kappa shape index (κ2) is 7.16. The van der Waals surface area contributed by atoms with Gasteiger partial charge in [-0.3, -0.25) is 9.78 Å². The van der Waals surface area contributed by atoms with Gasteiger partial charge in [0.1, 0.15) is 0 Å². The van der Waals surface area contributed by atoms with Crippen molar-refractivity contribution in [2.45, 2.75) is 44.4 Å². The molecule has 1 heterocycles. The molecule has 0 aliphatic heterocycles. The summed E-state index contributed by atoms with van der Waals surface area (Å²) >= 11 is 0. The van der Waals surface area contributed by atoms with Gasteiger partial charge in [0, 0.05) is 31.9 Å². The fourth-order valence-corrected chi connectivity index (χ4v) is 3.84. The zero-order chi connectivity index (χ0) is 17.0. The summed E-state index contributed by atoms with van der Waals surface area (Å²) in [4.78, 5) is 19.6. The molecule has 1 saturated carbocycles. The molecular formula is C21H26N2O. The van der Waals surface area contributed by atoms with Gasteiger partial charge in [0.2, 0.25) is 5.91 Å². The van der Waals surface area contributed by atoms with Crippen LogP contribution in [0.5, 0.6) is 0 Å². The lowest BCUT2D eigenvalue weighted by Crippen LogP contribution is -2.44. The molecule has 2 aromatic rings. The van der Waals surface area contributed by atoms with E-state index in [0.717, 1.165) is 37.8 Å². The number of carbonyl (C=O) groups is 1. The maximum absolute atomic E-state index is 13.3. The normalized spacial score (nSPS) is 16.1. The van der Waals surface area contributed by atoms with E-state index >= 15 is 0 Å². The van der Waals surface area contributed by atoms with E-state index in [4.69, 9.17) is 0 Å². The fraction of sp³-hybridized carbons (Fsp3) is 0.429. The number of likely N-dealkylation sites (N-methyl/N-ethyl adjacent to an activating group) is 1. The van der Waals surface area contributed by atoms with Crippen LogP contribution in [-0.2, 0) is 16.6 Å². The molecule has 126 valence electrons. The number of amides is 1. The summed E-state index contributed by atoms with van der Waals surface area (Å²) in [7, 11) is 1.93. The number of benzene rings is 1. The Kier molecular flexibility index (Phi) is 4.98. The highest BCUT2D eigenvalue weighted by Crippen LogP contribution is 2.42. The summed E-state index contributed by atoms with van der Waals surface area (Å²) in [6.07, 6.45) is 6.79. The molecule has 3 heteroatoms. The minimum atomic E-state index is -0.328. The van der Waals surface area contributed by atoms with Crippen molar-refractivity contribution < 1.29 is 4.79 Å². The molecule has 24 heavy (non-hydrogen) atoms. The first-order valence-corrected chi connectivity index (χ1v) is 8.84. The Morgan fingerprint density at radius 3 is 2.62 bits per heavy atom. The van der Waals surface area contributed by atoms with Gasteiger partial charge in [-0.15, -0.1) is 0 Å². The highest BCUT2D eigenvalue weighted by atomic mass is 16.2. The van der Waals surface area contributed by atoms with E-state index in [1.165, 1.54) is 11.1 Å². The number of nitrogens with zero attached hydrogens (tertiary/aromatic N) is 2. The van der Waals surface area contributed by atoms with Gasteiger partial charge in [-0.2, -0.15) is 0 Å². The van der Waals surface area contributed by atoms with Crippen LogP contribution in [0.2, 0.25) is 0 Å². The van der Waals surface area contributed by atoms with E-state index in [0.29, 0.717) is 6.54 Å². The van der Waals surface area contributed by atoms with Gasteiger partial charge >= 0.3 is 0 Å². The minimum absolute atomic E-state index is 0.265. The maximum Gasteiger partial charge on any atom is 0.232 e. The van der Waals surface area contributed by atoms with Crippen molar-refractivity contribution >= 4 is 5.91 Å². The van der Waals surface area contributed by atoms with Gasteiger partial charge in [0.05, 0.1) is 5.41 Å². The lowest BCUT2D eigenvalue weighted by Gasteiger charge is -2.33. The zero-order valence-electron chi connectivity index (χ0n) is 14.7. The molecule has 1 aromatic carbocycles. The monoisotopic (exact) mass is 322 g/mol. The van der Waals surface area contributed by atoms with Crippen LogP contribution >= 0.6 is 0 Å². The van der Waals surface area contributed by atoms with Gasteiger partial charge in [-0.25, -0.2) is 0 Å². The van der Waals surface area contributed by atoms with E-state index in [1.807, 2.05) is 36.3 Å². The van der Waals surface area contributed by atoms with E-state index in [2.05, 4.69) is 36.2 Å². The molecule has 0 saturated heterocycles. The molecule has 1 aromatic heterocycles. The van der Waals surface area contributed by atoms with Crippen molar-refractivity contribution in [3.8, 4) is 0 Å². The summed E-state index contributed by atoms with van der Waals surface area (Å²) in [6, 6.07) is 14.4. The first-order chi connectivity index (χ1) is 11.6. The van der Waals surface area contributed by atoms with E-state index in [1.54, 1.807) is 0 Å². The average Bonchev–Trinajstić information content (AvgIpc) is 3.11. The van der Waals surface area contributed by atoms with Gasteiger partial charge in [0.25, 0.3) is 0 Å². The predicted molar refractivity (Wildman–Crippen MR) is 96.9 cm³/mol. The Bertz CT molecular complexity index is 690. The first-order valence-electron chi connectivity index (χ1n) is 8.84. The third kappa shape index (κ3) is 3.35. The van der Waals surface area contributed by atoms with Crippen LogP contribution in [0.15, 0.2) is 48.7 Å². The Hall–Kier alpha value is -2.16. The van der Waals surface area contributed by atoms with Crippen LogP contribution in [0.3, 0.4) is 0 Å². The van der Waals surface area contributed by atoms with Crippen LogP contribution < -0.4 is 0 Å². The summed E-state index contributed by atoms with van der Waals surface area (Å²) in [5.41, 5.74) is 3.12. The third-order valence-corrected chi connectivity index (χ3v) is 5.21. The van der Waals surface area contributed by atoms with Gasteiger partial charge in [0.15, 0.2) is 0 Å². The number of aryl methyl sites for hydroxylation is 1. The molecule has 1 fully saturated rings. The van der Waals surface area contributed by atoms with Crippen LogP contribution in [-0.4, -0.2) is 29.4 Å². The average molecular weight is 322 g/mol. The number of pyridine rings is 1. The number of rotatable bonds is 5. The van der Waals surface area contributed by atoms with Crippen molar-refractivity contribution in [3.05, 3.63) is 65.5 Å². The third-order valence-electron chi connectivity index (χ3n) is 5.21. The molecule has 1 aliphatic carbocycles. The smallest absolute Gasteiger partial charge is 0.232 e. The van der Waals surface area contributed by atoms with Crippen LogP contribution in [0, 0.1) is 6.92 Å². The molecule has 1 amide bonds. The van der Waals surface area contributed by atoms with Gasteiger partial charge in [-0.05, 0) is 37.5 Å². The highest BCUT2D eigenvalue weighted by Gasteiger charge is 2.44. The molecule has 0 N–H and O–H groups in total. The molecule has 0 spiro atoms. The number of aromatic nitrogens is 1. The Balaban J connectivity index is 1.77. The van der Waals surface area contributed by atoms with Crippen LogP contribution in [0.25, 0.3) is 0 Å². The molecule has 3 rings (SSSR count). The molecule has 3 nitrogen and oxygen atoms in total. The fourth-order valence-electron chi connectivity index (χ4n) is 3.84. The van der Waals surface area contributed by atoms with Gasteiger partial charge < -0.3 is 4.90 Å². The van der Waals surface area contributed by atoms with Crippen molar-refractivity contribution in [1.82, 2.24) is 9.88 Å². The summed E-state index contributed by atoms with van der Waals surface area (Å²) in [5, 5.41) is 0. The predicted octanol–water partition coefficient (Wildman–Crippen LogP) is 3.90. The molecule has 0 atom stereocenters. The maximum atomic E-state index is 13.3. The number of carbonyl (C=O) groups excluding carboxylic acids is 1. The lowest BCUT2D eigenvalue weighted by atomic mass is 9.77. The SMILES string of the molecule is Cc1cccc(C2(C(=O)N(C)CCc3ccccn3)CCCC2)c1. The van der Waals surface area contributed by atoms with Crippen molar-refractivity contribution in [3.63, 3.8) is 0 Å². The first kappa shape index (κ1) is 16.7. The van der Waals surface area contributed by atoms with Gasteiger partial charge in [-0.1, -0.05) is 48.7 Å². The van der Waals surface area contributed by atoms with Crippen molar-refractivity contribution in [1.29, 1.82) is 0 Å². The number of hydrogen-bond donors (Lipinski definition) is 0. The van der Waals surface area contributed by atoms with E-state index in [9.17, 15) is 4.79 Å². The standard InChI is InChI=1S/C21H26N2O/c1-17-8-7-9-18(16-17)21(12-4-5-13-21)20(24)23(2)15-11-19-10-3-6-14-22-19/h3,6-10,14,16H,4-5,11-13,15H2,1-2H3. The van der Waals surface area contributed by atoms with Crippen LogP contribution in [0.1, 0.15) is 42.5 Å². The summed E-state index contributed by atoms with van der Waals surface area (Å²) in [6.45, 7) is 2.81. The minimum Gasteiger partial charge on any atom is -0.345 e. The molecule has 0 bridgehead atoms. The Morgan fingerprint density at radius 1 is 1.17 bits per heavy atom. The van der Waals surface area contributed by atoms with Crippen molar-refractivity contribution in [2.75, 3.05) is 13.6 Å². The quantitative estimate of drug-likeness (QED) is 0.836.